The molecule has 222 valence electrons. The second-order valence-corrected chi connectivity index (χ2v) is 12.1. The van der Waals surface area contributed by atoms with Gasteiger partial charge in [-0.2, -0.15) is 15.2 Å². The van der Waals surface area contributed by atoms with Crippen molar-refractivity contribution >= 4 is 34.4 Å². The number of aromatic nitrogens is 6. The van der Waals surface area contributed by atoms with E-state index in [9.17, 15) is 4.79 Å². The van der Waals surface area contributed by atoms with E-state index in [1.807, 2.05) is 36.5 Å². The molecule has 2 aliphatic rings. The summed E-state index contributed by atoms with van der Waals surface area (Å²) >= 11 is 0. The van der Waals surface area contributed by atoms with Crippen LogP contribution in [0.15, 0.2) is 42.9 Å². The smallest absolute Gasteiger partial charge is 0.410 e. The Morgan fingerprint density at radius 2 is 2.02 bits per heavy atom. The summed E-state index contributed by atoms with van der Waals surface area (Å²) in [6.45, 7) is 11.1. The number of carbonyl (C=O) groups excluding carboxylic acids is 1. The van der Waals surface area contributed by atoms with Gasteiger partial charge in [0.25, 0.3) is 0 Å². The minimum absolute atomic E-state index is 0.245. The third-order valence-corrected chi connectivity index (χ3v) is 7.55. The van der Waals surface area contributed by atoms with Crippen LogP contribution < -0.4 is 10.2 Å². The lowest BCUT2D eigenvalue weighted by atomic mass is 9.98. The van der Waals surface area contributed by atoms with E-state index in [1.54, 1.807) is 12.4 Å². The van der Waals surface area contributed by atoms with Crippen molar-refractivity contribution in [3.05, 3.63) is 54.1 Å². The first kappa shape index (κ1) is 28.0. The van der Waals surface area contributed by atoms with Crippen molar-refractivity contribution in [1.29, 1.82) is 0 Å². The van der Waals surface area contributed by atoms with E-state index in [2.05, 4.69) is 54.8 Å². The number of fused-ring (bicyclic) bond motifs is 1. The van der Waals surface area contributed by atoms with Gasteiger partial charge in [0.2, 0.25) is 5.95 Å². The maximum atomic E-state index is 12.6. The van der Waals surface area contributed by atoms with Crippen molar-refractivity contribution in [3.8, 4) is 0 Å². The molecule has 42 heavy (non-hydrogen) atoms. The molecule has 1 aromatic carbocycles. The Balaban J connectivity index is 1.13. The van der Waals surface area contributed by atoms with E-state index < -0.39 is 5.60 Å². The first-order chi connectivity index (χ1) is 20.3. The molecule has 1 atom stereocenters. The number of nitrogens with zero attached hydrogens (tertiary/aromatic N) is 7. The van der Waals surface area contributed by atoms with Gasteiger partial charge in [0, 0.05) is 51.0 Å². The molecule has 4 aromatic rings. The van der Waals surface area contributed by atoms with Crippen molar-refractivity contribution < 1.29 is 14.3 Å². The van der Waals surface area contributed by atoms with Crippen molar-refractivity contribution in [2.75, 3.05) is 49.6 Å². The standard InChI is InChI=1S/C30H39N9O3/c1-30(2,3)42-29(40)38-9-5-7-22(18-38)19-39-20-23(16-32-39)33-28-34-26(25-17-31-36-27(25)35-28)15-21-6-4-8-24(14-21)37-10-12-41-13-11-37/h4,6,8,14,16-17,20,22H,5,7,9-13,15,18-19H2,1-3H3,(H2,31,33,34,35,36). The van der Waals surface area contributed by atoms with Crippen LogP contribution in [0.5, 0.6) is 0 Å². The molecule has 12 heteroatoms. The molecule has 0 aliphatic carbocycles. The normalized spacial score (nSPS) is 17.9. The Hall–Kier alpha value is -4.19. The summed E-state index contributed by atoms with van der Waals surface area (Å²) in [4.78, 5) is 26.3. The molecule has 0 saturated carbocycles. The Bertz CT molecular complexity index is 1520. The summed E-state index contributed by atoms with van der Waals surface area (Å²) in [7, 11) is 0. The van der Waals surface area contributed by atoms with E-state index in [4.69, 9.17) is 14.5 Å². The van der Waals surface area contributed by atoms with Crippen LogP contribution in [0.4, 0.5) is 22.1 Å². The van der Waals surface area contributed by atoms with Crippen LogP contribution in [0.3, 0.4) is 0 Å². The maximum absolute atomic E-state index is 12.6. The van der Waals surface area contributed by atoms with E-state index >= 15 is 0 Å². The topological polar surface area (TPSA) is 126 Å². The predicted octanol–water partition coefficient (Wildman–Crippen LogP) is 4.37. The summed E-state index contributed by atoms with van der Waals surface area (Å²) in [6, 6.07) is 8.60. The van der Waals surface area contributed by atoms with E-state index in [-0.39, 0.29) is 6.09 Å². The molecule has 12 nitrogen and oxygen atoms in total. The molecule has 0 spiro atoms. The van der Waals surface area contributed by atoms with Crippen molar-refractivity contribution in [3.63, 3.8) is 0 Å². The SMILES string of the molecule is CC(C)(C)OC(=O)N1CCCC(Cn2cc(Nc3nc(Cc4cccc(N5CCOCC5)c4)c4cn[nH]c4n3)cn2)C1. The Morgan fingerprint density at radius 3 is 2.86 bits per heavy atom. The number of hydrogen-bond donors (Lipinski definition) is 2. The van der Waals surface area contributed by atoms with E-state index in [0.29, 0.717) is 37.0 Å². The zero-order valence-corrected chi connectivity index (χ0v) is 24.5. The highest BCUT2D eigenvalue weighted by Crippen LogP contribution is 2.25. The van der Waals surface area contributed by atoms with Gasteiger partial charge in [0.15, 0.2) is 5.65 Å². The number of aromatic amines is 1. The molecule has 5 heterocycles. The van der Waals surface area contributed by atoms with Crippen LogP contribution >= 0.6 is 0 Å². The minimum Gasteiger partial charge on any atom is -0.444 e. The van der Waals surface area contributed by atoms with Gasteiger partial charge in [-0.1, -0.05) is 12.1 Å². The molecule has 2 saturated heterocycles. The third kappa shape index (κ3) is 6.81. The summed E-state index contributed by atoms with van der Waals surface area (Å²) < 4.78 is 13.0. The fraction of sp³-hybridized carbons (Fsp3) is 0.500. The number of benzene rings is 1. The van der Waals surface area contributed by atoms with Gasteiger partial charge in [-0.15, -0.1) is 0 Å². The largest absolute Gasteiger partial charge is 0.444 e. The maximum Gasteiger partial charge on any atom is 0.410 e. The lowest BCUT2D eigenvalue weighted by molar-refractivity contribution is 0.0155. The molecule has 1 unspecified atom stereocenters. The zero-order valence-electron chi connectivity index (χ0n) is 24.5. The van der Waals surface area contributed by atoms with E-state index in [0.717, 1.165) is 62.5 Å². The Labute approximate surface area is 245 Å². The number of amides is 1. The molecule has 0 radical (unpaired) electrons. The van der Waals surface area contributed by atoms with Crippen LogP contribution in [-0.2, 0) is 22.4 Å². The van der Waals surface area contributed by atoms with Crippen LogP contribution in [-0.4, -0.2) is 85.9 Å². The van der Waals surface area contributed by atoms with Crippen molar-refractivity contribution in [2.45, 2.75) is 52.2 Å². The number of morpholine rings is 1. The first-order valence-electron chi connectivity index (χ1n) is 14.7. The molecule has 2 aliphatic heterocycles. The second kappa shape index (κ2) is 12.0. The summed E-state index contributed by atoms with van der Waals surface area (Å²) in [5.41, 5.74) is 4.25. The van der Waals surface area contributed by atoms with Gasteiger partial charge < -0.3 is 24.6 Å². The highest BCUT2D eigenvalue weighted by molar-refractivity contribution is 5.78. The quantitative estimate of drug-likeness (QED) is 0.331. The van der Waals surface area contributed by atoms with E-state index in [1.165, 1.54) is 11.3 Å². The number of nitrogens with one attached hydrogen (secondary N) is 2. The second-order valence-electron chi connectivity index (χ2n) is 12.1. The molecular weight excluding hydrogens is 534 g/mol. The zero-order chi connectivity index (χ0) is 29.1. The van der Waals surface area contributed by atoms with Gasteiger partial charge in [0.05, 0.1) is 42.4 Å². The number of anilines is 3. The molecule has 6 rings (SSSR count). The molecule has 2 fully saturated rings. The number of carbonyl (C=O) groups is 1. The van der Waals surface area contributed by atoms with Gasteiger partial charge in [0.1, 0.15) is 5.60 Å². The van der Waals surface area contributed by atoms with Crippen molar-refractivity contribution in [2.24, 2.45) is 5.92 Å². The highest BCUT2D eigenvalue weighted by Gasteiger charge is 2.28. The number of hydrogen-bond acceptors (Lipinski definition) is 9. The monoisotopic (exact) mass is 573 g/mol. The average molecular weight is 574 g/mol. The number of ether oxygens (including phenoxy) is 2. The lowest BCUT2D eigenvalue weighted by Crippen LogP contribution is -2.43. The predicted molar refractivity (Wildman–Crippen MR) is 160 cm³/mol. The summed E-state index contributed by atoms with van der Waals surface area (Å²) in [5.74, 6) is 0.788. The van der Waals surface area contributed by atoms with Crippen LogP contribution in [0.25, 0.3) is 11.0 Å². The van der Waals surface area contributed by atoms with Crippen LogP contribution in [0.2, 0.25) is 0 Å². The summed E-state index contributed by atoms with van der Waals surface area (Å²) in [5, 5.41) is 16.0. The molecular formula is C30H39N9O3. The lowest BCUT2D eigenvalue weighted by Gasteiger charge is -2.34. The average Bonchev–Trinajstić information content (AvgIpc) is 3.62. The van der Waals surface area contributed by atoms with Gasteiger partial charge in [-0.25, -0.2) is 9.78 Å². The first-order valence-corrected chi connectivity index (χ1v) is 14.7. The van der Waals surface area contributed by atoms with Gasteiger partial charge >= 0.3 is 6.09 Å². The van der Waals surface area contributed by atoms with Crippen LogP contribution in [0, 0.1) is 5.92 Å². The molecule has 2 N–H and O–H groups in total. The highest BCUT2D eigenvalue weighted by atomic mass is 16.6. The number of H-pyrrole nitrogens is 1. The fourth-order valence-electron chi connectivity index (χ4n) is 5.59. The number of rotatable bonds is 7. The van der Waals surface area contributed by atoms with Crippen molar-refractivity contribution in [1.82, 2.24) is 34.8 Å². The summed E-state index contributed by atoms with van der Waals surface area (Å²) in [6.07, 6.45) is 7.91. The molecule has 3 aromatic heterocycles. The van der Waals surface area contributed by atoms with Gasteiger partial charge in [-0.3, -0.25) is 9.78 Å². The number of likely N-dealkylation sites (tertiary alicyclic amines) is 1. The minimum atomic E-state index is -0.499. The molecule has 0 bridgehead atoms. The Kier molecular flexibility index (Phi) is 7.96. The third-order valence-electron chi connectivity index (χ3n) is 7.55. The van der Waals surface area contributed by atoms with Crippen LogP contribution in [0.1, 0.15) is 44.9 Å². The molecule has 1 amide bonds. The number of piperidine rings is 1. The van der Waals surface area contributed by atoms with Gasteiger partial charge in [-0.05, 0) is 57.2 Å². The fourth-order valence-corrected chi connectivity index (χ4v) is 5.59. The Morgan fingerprint density at radius 1 is 1.17 bits per heavy atom.